The van der Waals surface area contributed by atoms with Gasteiger partial charge in [0.05, 0.1) is 17.2 Å². The number of hydrogen-bond donors (Lipinski definition) is 0. The van der Waals surface area contributed by atoms with Gasteiger partial charge >= 0.3 is 12.1 Å². The summed E-state index contributed by atoms with van der Waals surface area (Å²) in [5.74, 6) is -0.424. The number of amides is 1. The summed E-state index contributed by atoms with van der Waals surface area (Å²) in [5, 5.41) is 2.82. The third-order valence-corrected chi connectivity index (χ3v) is 3.90. The lowest BCUT2D eigenvalue weighted by Gasteiger charge is -2.24. The van der Waals surface area contributed by atoms with Crippen molar-refractivity contribution in [2.24, 2.45) is 0 Å². The van der Waals surface area contributed by atoms with E-state index in [2.05, 4.69) is 4.98 Å². The highest BCUT2D eigenvalue weighted by atomic mass is 32.1. The second kappa shape index (κ2) is 7.12. The summed E-state index contributed by atoms with van der Waals surface area (Å²) in [6.07, 6.45) is 2.95. The second-order valence-electron chi connectivity index (χ2n) is 6.40. The van der Waals surface area contributed by atoms with Crippen LogP contribution in [0.15, 0.2) is 11.5 Å². The third kappa shape index (κ3) is 5.67. The van der Waals surface area contributed by atoms with Gasteiger partial charge in [0.1, 0.15) is 11.7 Å². The number of likely N-dealkylation sites (tertiary alicyclic amines) is 1. The number of rotatable bonds is 3. The highest BCUT2D eigenvalue weighted by Gasteiger charge is 2.31. The van der Waals surface area contributed by atoms with Crippen LogP contribution in [0.1, 0.15) is 37.9 Å². The van der Waals surface area contributed by atoms with Gasteiger partial charge in [-0.2, -0.15) is 0 Å². The highest BCUT2D eigenvalue weighted by molar-refractivity contribution is 7.09. The minimum atomic E-state index is -0.528. The van der Waals surface area contributed by atoms with Gasteiger partial charge in [-0.05, 0) is 33.8 Å². The Labute approximate surface area is 140 Å². The summed E-state index contributed by atoms with van der Waals surface area (Å²) in [4.78, 5) is 29.6. The summed E-state index contributed by atoms with van der Waals surface area (Å²) in [7, 11) is 0. The Morgan fingerprint density at radius 2 is 2.17 bits per heavy atom. The van der Waals surface area contributed by atoms with Gasteiger partial charge in [0.2, 0.25) is 0 Å². The summed E-state index contributed by atoms with van der Waals surface area (Å²) >= 11 is 1.52. The molecule has 2 rings (SSSR count). The minimum absolute atomic E-state index is 0.295. The van der Waals surface area contributed by atoms with Crippen LogP contribution in [-0.4, -0.2) is 46.7 Å². The lowest BCUT2D eigenvalue weighted by molar-refractivity contribution is -0.142. The molecular weight excluding hydrogens is 316 g/mol. The number of aryl methyl sites for hydroxylation is 1. The quantitative estimate of drug-likeness (QED) is 0.626. The molecule has 1 aromatic heterocycles. The van der Waals surface area contributed by atoms with Crippen LogP contribution in [0.4, 0.5) is 4.79 Å². The van der Waals surface area contributed by atoms with Gasteiger partial charge in [-0.1, -0.05) is 0 Å². The fourth-order valence-electron chi connectivity index (χ4n) is 2.13. The fraction of sp³-hybridized carbons (Fsp3) is 0.562. The van der Waals surface area contributed by atoms with E-state index in [0.29, 0.717) is 19.5 Å². The van der Waals surface area contributed by atoms with E-state index in [4.69, 9.17) is 9.47 Å². The maximum Gasteiger partial charge on any atom is 0.410 e. The van der Waals surface area contributed by atoms with Crippen molar-refractivity contribution in [1.29, 1.82) is 0 Å². The van der Waals surface area contributed by atoms with Crippen molar-refractivity contribution in [1.82, 2.24) is 9.88 Å². The Hall–Kier alpha value is -1.89. The number of carbonyl (C=O) groups is 2. The molecule has 1 fully saturated rings. The van der Waals surface area contributed by atoms with Crippen LogP contribution >= 0.6 is 11.3 Å². The van der Waals surface area contributed by atoms with Gasteiger partial charge in [-0.15, -0.1) is 11.3 Å². The fourth-order valence-corrected chi connectivity index (χ4v) is 2.71. The van der Waals surface area contributed by atoms with Gasteiger partial charge in [-0.25, -0.2) is 14.6 Å². The summed E-state index contributed by atoms with van der Waals surface area (Å²) in [5.41, 5.74) is 0.214. The molecule has 1 amide bonds. The molecule has 7 heteroatoms. The van der Waals surface area contributed by atoms with E-state index in [-0.39, 0.29) is 12.2 Å². The highest BCUT2D eigenvalue weighted by Crippen LogP contribution is 2.17. The van der Waals surface area contributed by atoms with Crippen molar-refractivity contribution in [2.45, 2.75) is 45.8 Å². The molecule has 0 spiro atoms. The molecule has 0 radical (unpaired) electrons. The Kier molecular flexibility index (Phi) is 5.41. The van der Waals surface area contributed by atoms with Crippen LogP contribution in [0.25, 0.3) is 6.08 Å². The van der Waals surface area contributed by atoms with E-state index in [9.17, 15) is 9.59 Å². The third-order valence-electron chi connectivity index (χ3n) is 3.11. The number of carbonyl (C=O) groups excluding carboxylic acids is 2. The zero-order valence-corrected chi connectivity index (χ0v) is 14.7. The van der Waals surface area contributed by atoms with Crippen molar-refractivity contribution in [3.8, 4) is 0 Å². The smallest absolute Gasteiger partial charge is 0.410 e. The first kappa shape index (κ1) is 17.5. The molecule has 126 valence electrons. The van der Waals surface area contributed by atoms with Crippen molar-refractivity contribution in [3.05, 3.63) is 22.2 Å². The Balaban J connectivity index is 1.80. The molecule has 1 atom stereocenters. The number of nitrogens with zero attached hydrogens (tertiary/aromatic N) is 2. The first-order valence-electron chi connectivity index (χ1n) is 7.52. The molecule has 6 nitrogen and oxygen atoms in total. The molecule has 23 heavy (non-hydrogen) atoms. The number of ether oxygens (including phenoxy) is 2. The number of esters is 1. The van der Waals surface area contributed by atoms with Gasteiger partial charge in [0, 0.05) is 24.4 Å². The Morgan fingerprint density at radius 1 is 1.43 bits per heavy atom. The van der Waals surface area contributed by atoms with E-state index in [1.807, 2.05) is 33.1 Å². The molecule has 0 bridgehead atoms. The molecule has 0 aliphatic carbocycles. The van der Waals surface area contributed by atoms with Crippen LogP contribution < -0.4 is 0 Å². The van der Waals surface area contributed by atoms with Crippen LogP contribution in [0.5, 0.6) is 0 Å². The van der Waals surface area contributed by atoms with Gasteiger partial charge in [0.25, 0.3) is 0 Å². The van der Waals surface area contributed by atoms with Crippen molar-refractivity contribution >= 4 is 29.5 Å². The molecule has 1 saturated heterocycles. The predicted molar refractivity (Wildman–Crippen MR) is 88.2 cm³/mol. The Morgan fingerprint density at radius 3 is 2.78 bits per heavy atom. The van der Waals surface area contributed by atoms with E-state index in [1.165, 1.54) is 17.4 Å². The summed E-state index contributed by atoms with van der Waals surface area (Å²) < 4.78 is 10.7. The molecule has 1 aliphatic heterocycles. The summed E-state index contributed by atoms with van der Waals surface area (Å²) in [6.45, 7) is 8.27. The SMILES string of the molecule is Cc1nc(/C=C\C(=O)O[C@H]2CCN(C(=O)OC(C)(C)C)C2)cs1. The van der Waals surface area contributed by atoms with Gasteiger partial charge in [-0.3, -0.25) is 0 Å². The summed E-state index contributed by atoms with van der Waals surface area (Å²) in [6, 6.07) is 0. The molecule has 0 aromatic carbocycles. The molecule has 1 aromatic rings. The lowest BCUT2D eigenvalue weighted by atomic mass is 10.2. The van der Waals surface area contributed by atoms with Crippen LogP contribution in [0.3, 0.4) is 0 Å². The standard InChI is InChI=1S/C16H22N2O4S/c1-11-17-12(10-23-11)5-6-14(19)21-13-7-8-18(9-13)15(20)22-16(2,3)4/h5-6,10,13H,7-9H2,1-4H3/b6-5-/t13-/m0/s1. The monoisotopic (exact) mass is 338 g/mol. The predicted octanol–water partition coefficient (Wildman–Crippen LogP) is 3.02. The molecule has 0 unspecified atom stereocenters. The first-order valence-corrected chi connectivity index (χ1v) is 8.39. The normalized spacial score (nSPS) is 18.4. The average Bonchev–Trinajstić information content (AvgIpc) is 3.04. The van der Waals surface area contributed by atoms with Crippen LogP contribution in [0, 0.1) is 6.92 Å². The maximum atomic E-state index is 11.9. The van der Waals surface area contributed by atoms with Crippen LogP contribution in [-0.2, 0) is 14.3 Å². The van der Waals surface area contributed by atoms with Crippen LogP contribution in [0.2, 0.25) is 0 Å². The lowest BCUT2D eigenvalue weighted by Crippen LogP contribution is -2.36. The number of aromatic nitrogens is 1. The van der Waals surface area contributed by atoms with Crippen molar-refractivity contribution < 1.29 is 19.1 Å². The zero-order chi connectivity index (χ0) is 17.0. The van der Waals surface area contributed by atoms with Crippen molar-refractivity contribution in [2.75, 3.05) is 13.1 Å². The second-order valence-corrected chi connectivity index (χ2v) is 7.46. The molecule has 1 aliphatic rings. The number of thiazole rings is 1. The maximum absolute atomic E-state index is 11.9. The molecular formula is C16H22N2O4S. The topological polar surface area (TPSA) is 68.7 Å². The average molecular weight is 338 g/mol. The van der Waals surface area contributed by atoms with Gasteiger partial charge in [0.15, 0.2) is 0 Å². The zero-order valence-electron chi connectivity index (χ0n) is 13.9. The Bertz CT molecular complexity index is 603. The molecule has 0 saturated carbocycles. The first-order chi connectivity index (χ1) is 10.7. The van der Waals surface area contributed by atoms with E-state index < -0.39 is 11.6 Å². The van der Waals surface area contributed by atoms with Gasteiger partial charge < -0.3 is 14.4 Å². The van der Waals surface area contributed by atoms with E-state index >= 15 is 0 Å². The number of hydrogen-bond acceptors (Lipinski definition) is 6. The van der Waals surface area contributed by atoms with E-state index in [1.54, 1.807) is 11.0 Å². The molecule has 0 N–H and O–H groups in total. The largest absolute Gasteiger partial charge is 0.457 e. The molecule has 2 heterocycles. The van der Waals surface area contributed by atoms with Crippen molar-refractivity contribution in [3.63, 3.8) is 0 Å². The van der Waals surface area contributed by atoms with E-state index in [0.717, 1.165) is 10.7 Å². The minimum Gasteiger partial charge on any atom is -0.457 e.